The number of benzene rings is 1. The van der Waals surface area contributed by atoms with Gasteiger partial charge in [-0.25, -0.2) is 12.8 Å². The molecule has 0 amide bonds. The number of nitrogens with zero attached hydrogens (tertiary/aromatic N) is 2. The van der Waals surface area contributed by atoms with Crippen LogP contribution in [-0.4, -0.2) is 44.5 Å². The molecule has 1 aliphatic rings. The van der Waals surface area contributed by atoms with E-state index in [0.717, 1.165) is 11.6 Å². The molecule has 7 heteroatoms. The number of hydrogen-bond acceptors (Lipinski definition) is 4. The Morgan fingerprint density at radius 1 is 1.25 bits per heavy atom. The summed E-state index contributed by atoms with van der Waals surface area (Å²) in [7, 11) is -2.13. The summed E-state index contributed by atoms with van der Waals surface area (Å²) in [5, 5.41) is 0. The van der Waals surface area contributed by atoms with Gasteiger partial charge in [-0.3, -0.25) is 4.98 Å². The fraction of sp³-hybridized carbons (Fsp3) is 0.353. The molecule has 1 aromatic heterocycles. The van der Waals surface area contributed by atoms with E-state index in [0.29, 0.717) is 19.7 Å². The van der Waals surface area contributed by atoms with Crippen LogP contribution >= 0.6 is 0 Å². The number of ether oxygens (including phenoxy) is 1. The third-order valence-corrected chi connectivity index (χ3v) is 6.18. The van der Waals surface area contributed by atoms with E-state index in [1.807, 2.05) is 12.1 Å². The van der Waals surface area contributed by atoms with Gasteiger partial charge >= 0.3 is 0 Å². The van der Waals surface area contributed by atoms with Gasteiger partial charge in [-0.1, -0.05) is 6.07 Å². The van der Waals surface area contributed by atoms with Crippen LogP contribution in [0.5, 0.6) is 0 Å². The molecule has 0 N–H and O–H groups in total. The number of hydrogen-bond donors (Lipinski definition) is 0. The number of halogens is 1. The van der Waals surface area contributed by atoms with E-state index in [-0.39, 0.29) is 16.7 Å². The van der Waals surface area contributed by atoms with Crippen LogP contribution in [0.4, 0.5) is 4.39 Å². The maximum absolute atomic E-state index is 13.4. The van der Waals surface area contributed by atoms with Crippen molar-refractivity contribution in [2.24, 2.45) is 5.92 Å². The highest BCUT2D eigenvalue weighted by molar-refractivity contribution is 7.89. The second-order valence-corrected chi connectivity index (χ2v) is 7.82. The molecule has 0 radical (unpaired) electrons. The molecule has 2 heterocycles. The minimum Gasteiger partial charge on any atom is -0.384 e. The number of aromatic nitrogens is 1. The molecule has 0 spiro atoms. The van der Waals surface area contributed by atoms with Crippen LogP contribution in [0, 0.1) is 11.7 Å². The molecule has 24 heavy (non-hydrogen) atoms. The minimum absolute atomic E-state index is 0.0194. The minimum atomic E-state index is -3.73. The summed E-state index contributed by atoms with van der Waals surface area (Å²) in [4.78, 5) is 3.99. The van der Waals surface area contributed by atoms with E-state index in [1.165, 1.54) is 22.5 Å². The summed E-state index contributed by atoms with van der Waals surface area (Å²) in [6.07, 6.45) is 3.39. The van der Waals surface area contributed by atoms with Crippen molar-refractivity contribution in [3.05, 3.63) is 60.2 Å². The predicted molar refractivity (Wildman–Crippen MR) is 87.5 cm³/mol. The Morgan fingerprint density at radius 3 is 2.67 bits per heavy atom. The second kappa shape index (κ2) is 6.96. The smallest absolute Gasteiger partial charge is 0.243 e. The van der Waals surface area contributed by atoms with E-state index >= 15 is 0 Å². The molecule has 1 aromatic carbocycles. The molecule has 1 fully saturated rings. The summed E-state index contributed by atoms with van der Waals surface area (Å²) < 4.78 is 45.7. The van der Waals surface area contributed by atoms with Gasteiger partial charge in [-0.05, 0) is 35.9 Å². The highest BCUT2D eigenvalue weighted by atomic mass is 32.2. The first-order valence-corrected chi connectivity index (χ1v) is 9.11. The maximum atomic E-state index is 13.4. The Labute approximate surface area is 141 Å². The molecule has 2 aromatic rings. The lowest BCUT2D eigenvalue weighted by atomic mass is 9.90. The highest BCUT2D eigenvalue weighted by Crippen LogP contribution is 2.35. The van der Waals surface area contributed by atoms with E-state index in [4.69, 9.17) is 4.74 Å². The largest absolute Gasteiger partial charge is 0.384 e. The van der Waals surface area contributed by atoms with Crippen LogP contribution in [0.25, 0.3) is 0 Å². The van der Waals surface area contributed by atoms with Gasteiger partial charge < -0.3 is 4.74 Å². The zero-order valence-electron chi connectivity index (χ0n) is 13.3. The van der Waals surface area contributed by atoms with Crippen molar-refractivity contribution in [3.63, 3.8) is 0 Å². The summed E-state index contributed by atoms with van der Waals surface area (Å²) in [6, 6.07) is 8.91. The van der Waals surface area contributed by atoms with Crippen molar-refractivity contribution < 1.29 is 17.5 Å². The number of pyridine rings is 1. The lowest BCUT2D eigenvalue weighted by molar-refractivity contribution is 0.151. The Morgan fingerprint density at radius 2 is 2.00 bits per heavy atom. The molecular weight excluding hydrogens is 331 g/mol. The zero-order valence-corrected chi connectivity index (χ0v) is 14.1. The molecular formula is C17H19FN2O3S. The van der Waals surface area contributed by atoms with E-state index < -0.39 is 15.8 Å². The molecule has 2 atom stereocenters. The third kappa shape index (κ3) is 3.33. The SMILES string of the molecule is COC[C@@H]1CN(S(=O)(=O)c2cccc(F)c2)C[C@H]1c1ccncc1. The normalized spacial score (nSPS) is 21.9. The average molecular weight is 350 g/mol. The van der Waals surface area contributed by atoms with Crippen LogP contribution < -0.4 is 0 Å². The van der Waals surface area contributed by atoms with Crippen LogP contribution in [0.3, 0.4) is 0 Å². The van der Waals surface area contributed by atoms with E-state index in [9.17, 15) is 12.8 Å². The quantitative estimate of drug-likeness (QED) is 0.830. The zero-order chi connectivity index (χ0) is 17.2. The van der Waals surface area contributed by atoms with E-state index in [1.54, 1.807) is 19.5 Å². The van der Waals surface area contributed by atoms with E-state index in [2.05, 4.69) is 4.98 Å². The van der Waals surface area contributed by atoms with Gasteiger partial charge in [0.25, 0.3) is 0 Å². The van der Waals surface area contributed by atoms with Crippen LogP contribution in [0.15, 0.2) is 53.7 Å². The van der Waals surface area contributed by atoms with Crippen LogP contribution in [0.2, 0.25) is 0 Å². The van der Waals surface area contributed by atoms with Crippen molar-refractivity contribution in [1.29, 1.82) is 0 Å². The monoisotopic (exact) mass is 350 g/mol. The van der Waals surface area contributed by atoms with Gasteiger partial charge in [-0.15, -0.1) is 0 Å². The standard InChI is InChI=1S/C17H19FN2O3S/c1-23-12-14-10-20(11-17(14)13-5-7-19-8-6-13)24(21,22)16-4-2-3-15(18)9-16/h2-9,14,17H,10-12H2,1H3/t14-,17-/m0/s1. The fourth-order valence-electron chi connectivity index (χ4n) is 3.18. The highest BCUT2D eigenvalue weighted by Gasteiger charge is 2.40. The molecule has 3 rings (SSSR count). The fourth-order valence-corrected chi connectivity index (χ4v) is 4.73. The number of sulfonamides is 1. The molecule has 1 aliphatic heterocycles. The van der Waals surface area contributed by atoms with Gasteiger partial charge in [0.2, 0.25) is 10.0 Å². The average Bonchev–Trinajstić information content (AvgIpc) is 3.01. The molecule has 1 saturated heterocycles. The van der Waals surface area contributed by atoms with Gasteiger partial charge in [0, 0.05) is 44.4 Å². The first-order valence-electron chi connectivity index (χ1n) is 7.67. The molecule has 128 valence electrons. The summed E-state index contributed by atoms with van der Waals surface area (Å²) in [5.74, 6) is -0.494. The predicted octanol–water partition coefficient (Wildman–Crippen LogP) is 2.27. The van der Waals surface area contributed by atoms with Crippen LogP contribution in [-0.2, 0) is 14.8 Å². The Hall–Kier alpha value is -1.83. The summed E-state index contributed by atoms with van der Waals surface area (Å²) in [5.41, 5.74) is 1.03. The number of rotatable bonds is 5. The van der Waals surface area contributed by atoms with Crippen molar-refractivity contribution in [3.8, 4) is 0 Å². The molecule has 0 saturated carbocycles. The third-order valence-electron chi connectivity index (χ3n) is 4.36. The van der Waals surface area contributed by atoms with Gasteiger partial charge in [-0.2, -0.15) is 4.31 Å². The van der Waals surface area contributed by atoms with Gasteiger partial charge in [0.1, 0.15) is 5.82 Å². The lowest BCUT2D eigenvalue weighted by Gasteiger charge is -2.17. The number of methoxy groups -OCH3 is 1. The molecule has 0 bridgehead atoms. The summed E-state index contributed by atoms with van der Waals surface area (Å²) in [6.45, 7) is 1.15. The topological polar surface area (TPSA) is 59.5 Å². The van der Waals surface area contributed by atoms with Gasteiger partial charge in [0.15, 0.2) is 0 Å². The maximum Gasteiger partial charge on any atom is 0.243 e. The van der Waals surface area contributed by atoms with Crippen LogP contribution in [0.1, 0.15) is 11.5 Å². The molecule has 0 aliphatic carbocycles. The molecule has 5 nitrogen and oxygen atoms in total. The summed E-state index contributed by atoms with van der Waals surface area (Å²) >= 11 is 0. The first kappa shape index (κ1) is 17.0. The Kier molecular flexibility index (Phi) is 4.93. The van der Waals surface area contributed by atoms with Crippen molar-refractivity contribution >= 4 is 10.0 Å². The van der Waals surface area contributed by atoms with Crippen molar-refractivity contribution in [2.75, 3.05) is 26.8 Å². The van der Waals surface area contributed by atoms with Crippen molar-refractivity contribution in [1.82, 2.24) is 9.29 Å². The molecule has 0 unspecified atom stereocenters. The lowest BCUT2D eigenvalue weighted by Crippen LogP contribution is -2.29. The first-order chi connectivity index (χ1) is 11.5. The Bertz CT molecular complexity index is 798. The van der Waals surface area contributed by atoms with Gasteiger partial charge in [0.05, 0.1) is 11.5 Å². The second-order valence-electron chi connectivity index (χ2n) is 5.88. The Balaban J connectivity index is 1.90. The van der Waals surface area contributed by atoms with Crippen molar-refractivity contribution in [2.45, 2.75) is 10.8 Å².